The Morgan fingerprint density at radius 2 is 2.05 bits per heavy atom. The number of benzene rings is 1. The molecule has 2 heteroatoms. The van der Waals surface area contributed by atoms with E-state index in [9.17, 15) is 0 Å². The standard InChI is InChI=1S/C17H23NO/c1-19-10-9-18-17-15-8-7-13(11-15)12-16(17)14-5-3-2-4-6-14/h2-6,12-13,15,17-18H,7-11H2,1H3/t13-,15-,17-/m0/s1. The molecule has 2 nitrogen and oxygen atoms in total. The molecule has 1 saturated carbocycles. The van der Waals surface area contributed by atoms with E-state index in [1.165, 1.54) is 30.4 Å². The van der Waals surface area contributed by atoms with E-state index in [-0.39, 0.29) is 0 Å². The van der Waals surface area contributed by atoms with Crippen LogP contribution in [0.1, 0.15) is 24.8 Å². The van der Waals surface area contributed by atoms with Crippen LogP contribution in [0.5, 0.6) is 0 Å². The largest absolute Gasteiger partial charge is 0.383 e. The topological polar surface area (TPSA) is 21.3 Å². The van der Waals surface area contributed by atoms with Crippen LogP contribution in [-0.2, 0) is 4.74 Å². The molecule has 1 N–H and O–H groups in total. The van der Waals surface area contributed by atoms with Gasteiger partial charge in [0.2, 0.25) is 0 Å². The Balaban J connectivity index is 1.82. The first-order valence-corrected chi connectivity index (χ1v) is 7.38. The van der Waals surface area contributed by atoms with Crippen molar-refractivity contribution in [3.8, 4) is 0 Å². The lowest BCUT2D eigenvalue weighted by molar-refractivity contribution is 0.194. The summed E-state index contributed by atoms with van der Waals surface area (Å²) in [6.07, 6.45) is 6.61. The van der Waals surface area contributed by atoms with Crippen LogP contribution in [-0.4, -0.2) is 26.3 Å². The Labute approximate surface area is 115 Å². The smallest absolute Gasteiger partial charge is 0.0587 e. The van der Waals surface area contributed by atoms with Crippen molar-refractivity contribution in [2.24, 2.45) is 11.8 Å². The molecule has 1 aromatic rings. The fraction of sp³-hybridized carbons (Fsp3) is 0.529. The maximum Gasteiger partial charge on any atom is 0.0587 e. The summed E-state index contributed by atoms with van der Waals surface area (Å²) in [5, 5.41) is 3.71. The summed E-state index contributed by atoms with van der Waals surface area (Å²) in [7, 11) is 1.77. The monoisotopic (exact) mass is 257 g/mol. The SMILES string of the molecule is COCCN[C@@H]1C(c2ccccc2)=C[C@H]2CC[C@H]1C2. The lowest BCUT2D eigenvalue weighted by atomic mass is 9.81. The Morgan fingerprint density at radius 1 is 1.21 bits per heavy atom. The summed E-state index contributed by atoms with van der Waals surface area (Å²) >= 11 is 0. The van der Waals surface area contributed by atoms with E-state index in [1.54, 1.807) is 7.11 Å². The third-order valence-corrected chi connectivity index (χ3v) is 4.51. The third kappa shape index (κ3) is 2.75. The molecule has 0 saturated heterocycles. The number of methoxy groups -OCH3 is 1. The van der Waals surface area contributed by atoms with Crippen LogP contribution < -0.4 is 5.32 Å². The Hall–Kier alpha value is -1.12. The van der Waals surface area contributed by atoms with Gasteiger partial charge >= 0.3 is 0 Å². The van der Waals surface area contributed by atoms with E-state index in [0.29, 0.717) is 6.04 Å². The molecule has 1 fully saturated rings. The van der Waals surface area contributed by atoms with Gasteiger partial charge in [-0.15, -0.1) is 0 Å². The molecule has 0 radical (unpaired) electrons. The minimum absolute atomic E-state index is 0.510. The summed E-state index contributed by atoms with van der Waals surface area (Å²) < 4.78 is 5.17. The zero-order valence-electron chi connectivity index (χ0n) is 11.6. The normalized spacial score (nSPS) is 29.3. The van der Waals surface area contributed by atoms with E-state index < -0.39 is 0 Å². The van der Waals surface area contributed by atoms with E-state index in [0.717, 1.165) is 25.0 Å². The summed E-state index contributed by atoms with van der Waals surface area (Å²) in [5.74, 6) is 1.61. The number of fused-ring (bicyclic) bond motifs is 2. The van der Waals surface area contributed by atoms with Crippen molar-refractivity contribution in [2.45, 2.75) is 25.3 Å². The van der Waals surface area contributed by atoms with Crippen molar-refractivity contribution in [3.05, 3.63) is 42.0 Å². The van der Waals surface area contributed by atoms with Gasteiger partial charge in [-0.2, -0.15) is 0 Å². The fourth-order valence-corrected chi connectivity index (χ4v) is 3.62. The number of allylic oxidation sites excluding steroid dienone is 1. The van der Waals surface area contributed by atoms with Gasteiger partial charge in [0.1, 0.15) is 0 Å². The molecule has 2 bridgehead atoms. The predicted molar refractivity (Wildman–Crippen MR) is 78.9 cm³/mol. The van der Waals surface area contributed by atoms with Crippen LogP contribution >= 0.6 is 0 Å². The molecule has 3 atom stereocenters. The molecule has 0 unspecified atom stereocenters. The Morgan fingerprint density at radius 3 is 2.84 bits per heavy atom. The minimum atomic E-state index is 0.510. The maximum atomic E-state index is 5.17. The highest BCUT2D eigenvalue weighted by molar-refractivity contribution is 5.71. The second kappa shape index (κ2) is 5.89. The van der Waals surface area contributed by atoms with Gasteiger partial charge in [-0.05, 0) is 42.2 Å². The minimum Gasteiger partial charge on any atom is -0.383 e. The molecule has 0 heterocycles. The Bertz CT molecular complexity index is 440. The lowest BCUT2D eigenvalue weighted by Crippen LogP contribution is -2.39. The van der Waals surface area contributed by atoms with Crippen LogP contribution in [0.15, 0.2) is 36.4 Å². The van der Waals surface area contributed by atoms with E-state index in [4.69, 9.17) is 4.74 Å². The van der Waals surface area contributed by atoms with Crippen molar-refractivity contribution in [1.29, 1.82) is 0 Å². The molecule has 19 heavy (non-hydrogen) atoms. The van der Waals surface area contributed by atoms with Gasteiger partial charge in [-0.1, -0.05) is 36.4 Å². The molecular formula is C17H23NO. The Kier molecular flexibility index (Phi) is 4.00. The molecule has 0 amide bonds. The number of hydrogen-bond acceptors (Lipinski definition) is 2. The van der Waals surface area contributed by atoms with Crippen LogP contribution in [0.25, 0.3) is 5.57 Å². The van der Waals surface area contributed by atoms with E-state index in [2.05, 4.69) is 41.7 Å². The van der Waals surface area contributed by atoms with Gasteiger partial charge in [0.05, 0.1) is 6.61 Å². The number of hydrogen-bond donors (Lipinski definition) is 1. The first-order chi connectivity index (χ1) is 9.38. The summed E-state index contributed by atoms with van der Waals surface area (Å²) in [6.45, 7) is 1.72. The third-order valence-electron chi connectivity index (χ3n) is 4.51. The zero-order chi connectivity index (χ0) is 13.1. The molecule has 0 aromatic heterocycles. The molecule has 2 aliphatic carbocycles. The summed E-state index contributed by atoms with van der Waals surface area (Å²) in [6, 6.07) is 11.4. The fourth-order valence-electron chi connectivity index (χ4n) is 3.62. The van der Waals surface area contributed by atoms with Crippen molar-refractivity contribution < 1.29 is 4.74 Å². The molecule has 2 aliphatic rings. The van der Waals surface area contributed by atoms with Crippen LogP contribution in [0.2, 0.25) is 0 Å². The van der Waals surface area contributed by atoms with Crippen molar-refractivity contribution in [2.75, 3.05) is 20.3 Å². The lowest BCUT2D eigenvalue weighted by Gasteiger charge is -2.31. The van der Waals surface area contributed by atoms with E-state index in [1.807, 2.05) is 0 Å². The maximum absolute atomic E-state index is 5.17. The quantitative estimate of drug-likeness (QED) is 0.818. The van der Waals surface area contributed by atoms with Gasteiger partial charge in [-0.25, -0.2) is 0 Å². The van der Waals surface area contributed by atoms with Gasteiger partial charge in [-0.3, -0.25) is 0 Å². The second-order valence-electron chi connectivity index (χ2n) is 5.75. The van der Waals surface area contributed by atoms with E-state index >= 15 is 0 Å². The number of nitrogens with one attached hydrogen (secondary N) is 1. The average molecular weight is 257 g/mol. The second-order valence-corrected chi connectivity index (χ2v) is 5.75. The zero-order valence-corrected chi connectivity index (χ0v) is 11.6. The van der Waals surface area contributed by atoms with Crippen LogP contribution in [0.4, 0.5) is 0 Å². The molecule has 1 aromatic carbocycles. The first-order valence-electron chi connectivity index (χ1n) is 7.38. The highest BCUT2D eigenvalue weighted by Gasteiger charge is 2.36. The van der Waals surface area contributed by atoms with Gasteiger partial charge in [0.15, 0.2) is 0 Å². The van der Waals surface area contributed by atoms with Crippen LogP contribution in [0, 0.1) is 11.8 Å². The highest BCUT2D eigenvalue weighted by Crippen LogP contribution is 2.44. The molecular weight excluding hydrogens is 234 g/mol. The van der Waals surface area contributed by atoms with Gasteiger partial charge < -0.3 is 10.1 Å². The van der Waals surface area contributed by atoms with Gasteiger partial charge in [0, 0.05) is 19.7 Å². The predicted octanol–water partition coefficient (Wildman–Crippen LogP) is 3.10. The van der Waals surface area contributed by atoms with Crippen molar-refractivity contribution in [3.63, 3.8) is 0 Å². The molecule has 0 aliphatic heterocycles. The summed E-state index contributed by atoms with van der Waals surface area (Å²) in [5.41, 5.74) is 2.89. The highest BCUT2D eigenvalue weighted by atomic mass is 16.5. The first kappa shape index (κ1) is 12.9. The average Bonchev–Trinajstić information content (AvgIpc) is 2.85. The van der Waals surface area contributed by atoms with Crippen molar-refractivity contribution in [1.82, 2.24) is 5.32 Å². The van der Waals surface area contributed by atoms with Crippen LogP contribution in [0.3, 0.4) is 0 Å². The molecule has 102 valence electrons. The summed E-state index contributed by atoms with van der Waals surface area (Å²) in [4.78, 5) is 0. The molecule has 0 spiro atoms. The number of rotatable bonds is 5. The number of ether oxygens (including phenoxy) is 1. The van der Waals surface area contributed by atoms with Crippen molar-refractivity contribution >= 4 is 5.57 Å². The van der Waals surface area contributed by atoms with Gasteiger partial charge in [0.25, 0.3) is 0 Å². The molecule has 3 rings (SSSR count).